The Morgan fingerprint density at radius 2 is 1.71 bits per heavy atom. The summed E-state index contributed by atoms with van der Waals surface area (Å²) in [5, 5.41) is 3.50. The average molecular weight is 516 g/mol. The van der Waals surface area contributed by atoms with Crippen molar-refractivity contribution in [1.82, 2.24) is 9.69 Å². The van der Waals surface area contributed by atoms with E-state index < -0.39 is 29.6 Å². The van der Waals surface area contributed by atoms with Crippen molar-refractivity contribution in [2.75, 3.05) is 10.6 Å². The number of rotatable bonds is 7. The summed E-state index contributed by atoms with van der Waals surface area (Å²) in [5.74, 6) is -2.47. The second-order valence-electron chi connectivity index (χ2n) is 8.23. The van der Waals surface area contributed by atoms with Crippen molar-refractivity contribution in [2.45, 2.75) is 37.8 Å². The van der Waals surface area contributed by atoms with Crippen LogP contribution in [0.25, 0.3) is 0 Å². The molecule has 11 heteroatoms. The molecule has 1 saturated carbocycles. The molecule has 2 aromatic carbocycles. The zero-order chi connectivity index (χ0) is 25.1. The minimum Gasteiger partial charge on any atom is -0.395 e. The third-order valence-electron chi connectivity index (χ3n) is 5.87. The minimum absolute atomic E-state index is 0.0163. The van der Waals surface area contributed by atoms with Gasteiger partial charge in [-0.1, -0.05) is 36.6 Å². The lowest BCUT2D eigenvalue weighted by Gasteiger charge is -2.32. The summed E-state index contributed by atoms with van der Waals surface area (Å²) >= 11 is 6.77. The summed E-state index contributed by atoms with van der Waals surface area (Å²) in [5.41, 5.74) is 11.7. The zero-order valence-electron chi connectivity index (χ0n) is 18.5. The Morgan fingerprint density at radius 3 is 2.29 bits per heavy atom. The molecule has 0 bridgehead atoms. The first-order valence-corrected chi connectivity index (χ1v) is 12.1. The number of hydrogen-bond acceptors (Lipinski definition) is 6. The molecule has 1 aliphatic rings. The molecule has 0 radical (unpaired) electrons. The largest absolute Gasteiger partial charge is 0.395 e. The Hall–Kier alpha value is -3.50. The van der Waals surface area contributed by atoms with Crippen LogP contribution in [0.4, 0.5) is 15.8 Å². The van der Waals surface area contributed by atoms with E-state index in [-0.39, 0.29) is 28.0 Å². The summed E-state index contributed by atoms with van der Waals surface area (Å²) in [6.07, 6.45) is 3.69. The number of hydrogen-bond donors (Lipinski definition) is 3. The highest BCUT2D eigenvalue weighted by Gasteiger charge is 2.37. The van der Waals surface area contributed by atoms with Crippen molar-refractivity contribution in [3.8, 4) is 0 Å². The molecule has 3 aromatic rings. The third-order valence-corrected chi connectivity index (χ3v) is 6.98. The number of nitrogen functional groups attached to an aromatic ring is 1. The van der Waals surface area contributed by atoms with Gasteiger partial charge in [0, 0.05) is 16.8 Å². The SMILES string of the molecule is NC(=O)c1nsc(C(=O)N(c2ccc(F)cc2)[C@@H](C(=O)NC2CCCC2)c2ccc(Cl)cc2)c1N. The van der Waals surface area contributed by atoms with Crippen molar-refractivity contribution < 1.29 is 18.8 Å². The maximum atomic E-state index is 13.9. The van der Waals surface area contributed by atoms with Gasteiger partial charge in [0.15, 0.2) is 5.69 Å². The van der Waals surface area contributed by atoms with Gasteiger partial charge in [-0.05, 0) is 66.3 Å². The number of carbonyl (C=O) groups excluding carboxylic acids is 3. The van der Waals surface area contributed by atoms with Crippen LogP contribution >= 0.6 is 23.1 Å². The molecule has 5 N–H and O–H groups in total. The highest BCUT2D eigenvalue weighted by atomic mass is 35.5. The lowest BCUT2D eigenvalue weighted by molar-refractivity contribution is -0.123. The van der Waals surface area contributed by atoms with Crippen LogP contribution in [0.2, 0.25) is 5.02 Å². The van der Waals surface area contributed by atoms with E-state index in [0.29, 0.717) is 22.1 Å². The zero-order valence-corrected chi connectivity index (χ0v) is 20.1. The average Bonchev–Trinajstić information content (AvgIpc) is 3.48. The second kappa shape index (κ2) is 10.4. The minimum atomic E-state index is -1.13. The maximum Gasteiger partial charge on any atom is 0.273 e. The fraction of sp³-hybridized carbons (Fsp3) is 0.250. The molecule has 8 nitrogen and oxygen atoms in total. The van der Waals surface area contributed by atoms with Crippen LogP contribution < -0.4 is 21.7 Å². The van der Waals surface area contributed by atoms with Crippen LogP contribution in [0.3, 0.4) is 0 Å². The molecule has 0 spiro atoms. The van der Waals surface area contributed by atoms with E-state index in [1.165, 1.54) is 29.2 Å². The number of primary amides is 1. The van der Waals surface area contributed by atoms with Gasteiger partial charge in [0.2, 0.25) is 5.91 Å². The number of aromatic nitrogens is 1. The van der Waals surface area contributed by atoms with Crippen molar-refractivity contribution >= 4 is 52.2 Å². The van der Waals surface area contributed by atoms with Crippen molar-refractivity contribution in [3.63, 3.8) is 0 Å². The number of halogens is 2. The Kier molecular flexibility index (Phi) is 7.32. The summed E-state index contributed by atoms with van der Waals surface area (Å²) in [7, 11) is 0. The standard InChI is InChI=1S/C24H23ClFN5O3S/c25-14-7-5-13(6-8-14)20(23(33)29-16-3-1-2-4-16)31(17-11-9-15(26)10-12-17)24(34)21-18(27)19(22(28)32)30-35-21/h5-12,16,20H,1-4,27H2,(H2,28,32)(H,29,33)/t20-/m1/s1. The van der Waals surface area contributed by atoms with Crippen molar-refractivity contribution in [2.24, 2.45) is 5.73 Å². The molecule has 0 saturated heterocycles. The van der Waals surface area contributed by atoms with Gasteiger partial charge in [0.25, 0.3) is 11.8 Å². The van der Waals surface area contributed by atoms with Crippen LogP contribution in [0, 0.1) is 5.82 Å². The third kappa shape index (κ3) is 5.28. The molecule has 3 amide bonds. The number of carbonyl (C=O) groups is 3. The van der Waals surface area contributed by atoms with Gasteiger partial charge in [0.1, 0.15) is 16.7 Å². The molecule has 1 heterocycles. The summed E-state index contributed by atoms with van der Waals surface area (Å²) in [6.45, 7) is 0. The van der Waals surface area contributed by atoms with Crippen molar-refractivity contribution in [3.05, 3.63) is 75.5 Å². The molecule has 0 aliphatic heterocycles. The molecule has 1 atom stereocenters. The van der Waals surface area contributed by atoms with Gasteiger partial charge in [-0.25, -0.2) is 4.39 Å². The van der Waals surface area contributed by atoms with Crippen LogP contribution in [0.1, 0.15) is 57.4 Å². The summed E-state index contributed by atoms with van der Waals surface area (Å²) in [4.78, 5) is 40.4. The fourth-order valence-electron chi connectivity index (χ4n) is 4.14. The van der Waals surface area contributed by atoms with E-state index >= 15 is 0 Å². The number of amides is 3. The molecule has 0 unspecified atom stereocenters. The number of nitrogens with zero attached hydrogens (tertiary/aromatic N) is 2. The Balaban J connectivity index is 1.84. The highest BCUT2D eigenvalue weighted by molar-refractivity contribution is 7.09. The molecule has 4 rings (SSSR count). The van der Waals surface area contributed by atoms with Crippen LogP contribution in [-0.4, -0.2) is 28.1 Å². The van der Waals surface area contributed by atoms with Gasteiger partial charge in [-0.2, -0.15) is 4.37 Å². The molecular weight excluding hydrogens is 493 g/mol. The number of nitrogens with two attached hydrogens (primary N) is 2. The maximum absolute atomic E-state index is 13.9. The normalized spacial score (nSPS) is 14.5. The lowest BCUT2D eigenvalue weighted by Crippen LogP contribution is -2.46. The van der Waals surface area contributed by atoms with Crippen LogP contribution in [-0.2, 0) is 4.79 Å². The molecular formula is C24H23ClFN5O3S. The van der Waals surface area contributed by atoms with E-state index in [0.717, 1.165) is 25.7 Å². The van der Waals surface area contributed by atoms with Gasteiger partial charge >= 0.3 is 0 Å². The van der Waals surface area contributed by atoms with E-state index in [1.54, 1.807) is 24.3 Å². The van der Waals surface area contributed by atoms with Gasteiger partial charge < -0.3 is 16.8 Å². The first-order chi connectivity index (χ1) is 16.8. The highest BCUT2D eigenvalue weighted by Crippen LogP contribution is 2.34. The lowest BCUT2D eigenvalue weighted by atomic mass is 10.0. The molecule has 35 heavy (non-hydrogen) atoms. The summed E-state index contributed by atoms with van der Waals surface area (Å²) in [6, 6.07) is 10.5. The predicted octanol–water partition coefficient (Wildman–Crippen LogP) is 4.06. The monoisotopic (exact) mass is 515 g/mol. The number of nitrogens with one attached hydrogen (secondary N) is 1. The van der Waals surface area contributed by atoms with Crippen molar-refractivity contribution in [1.29, 1.82) is 0 Å². The van der Waals surface area contributed by atoms with Gasteiger partial charge in [0.05, 0.1) is 5.69 Å². The molecule has 1 fully saturated rings. The number of benzene rings is 2. The predicted molar refractivity (Wildman–Crippen MR) is 133 cm³/mol. The topological polar surface area (TPSA) is 131 Å². The molecule has 1 aliphatic carbocycles. The number of anilines is 2. The first kappa shape index (κ1) is 24.6. The Bertz CT molecular complexity index is 1240. The smallest absolute Gasteiger partial charge is 0.273 e. The first-order valence-electron chi connectivity index (χ1n) is 11.0. The van der Waals surface area contributed by atoms with E-state index in [1.807, 2.05) is 0 Å². The van der Waals surface area contributed by atoms with Crippen LogP contribution in [0.5, 0.6) is 0 Å². The Morgan fingerprint density at radius 1 is 1.09 bits per heavy atom. The Labute approximate surface area is 210 Å². The van der Waals surface area contributed by atoms with E-state index in [2.05, 4.69) is 9.69 Å². The van der Waals surface area contributed by atoms with E-state index in [4.69, 9.17) is 23.1 Å². The molecule has 182 valence electrons. The quantitative estimate of drug-likeness (QED) is 0.436. The second-order valence-corrected chi connectivity index (χ2v) is 9.44. The summed E-state index contributed by atoms with van der Waals surface area (Å²) < 4.78 is 17.7. The fourth-order valence-corrected chi connectivity index (χ4v) is 5.01. The van der Waals surface area contributed by atoms with Crippen LogP contribution in [0.15, 0.2) is 48.5 Å². The van der Waals surface area contributed by atoms with Gasteiger partial charge in [-0.15, -0.1) is 0 Å². The van der Waals surface area contributed by atoms with E-state index in [9.17, 15) is 18.8 Å². The van der Waals surface area contributed by atoms with Gasteiger partial charge in [-0.3, -0.25) is 19.3 Å². The molecule has 1 aromatic heterocycles.